The molecule has 1 aliphatic heterocycles. The van der Waals surface area contributed by atoms with Crippen molar-refractivity contribution in [3.8, 4) is 23.0 Å². The van der Waals surface area contributed by atoms with Crippen molar-refractivity contribution in [2.24, 2.45) is 0 Å². The van der Waals surface area contributed by atoms with Gasteiger partial charge in [0.2, 0.25) is 0 Å². The SMILES string of the molecule is COc1cc([C@H]2Oc3c(OC)cc(C=CC=O)cc3[C@@H]2CO)ccc1O. The van der Waals surface area contributed by atoms with Crippen LogP contribution in [-0.4, -0.2) is 37.3 Å². The largest absolute Gasteiger partial charge is 0.504 e. The molecule has 0 aliphatic carbocycles. The van der Waals surface area contributed by atoms with Crippen molar-refractivity contribution in [1.82, 2.24) is 0 Å². The maximum Gasteiger partial charge on any atom is 0.165 e. The molecule has 0 saturated carbocycles. The summed E-state index contributed by atoms with van der Waals surface area (Å²) in [6.07, 6.45) is 3.31. The number of benzene rings is 2. The number of carbonyl (C=O) groups is 1. The fraction of sp³-hybridized carbons (Fsp3) is 0.250. The Hall–Kier alpha value is -2.99. The lowest BCUT2D eigenvalue weighted by atomic mass is 9.90. The van der Waals surface area contributed by atoms with E-state index in [1.807, 2.05) is 6.07 Å². The molecule has 6 heteroatoms. The first-order valence-electron chi connectivity index (χ1n) is 8.11. The Kier molecular flexibility index (Phi) is 5.14. The van der Waals surface area contributed by atoms with Crippen LogP contribution in [0.4, 0.5) is 0 Å². The van der Waals surface area contributed by atoms with Crippen molar-refractivity contribution in [3.63, 3.8) is 0 Å². The number of methoxy groups -OCH3 is 2. The number of phenols is 1. The van der Waals surface area contributed by atoms with Gasteiger partial charge >= 0.3 is 0 Å². The van der Waals surface area contributed by atoms with E-state index >= 15 is 0 Å². The summed E-state index contributed by atoms with van der Waals surface area (Å²) in [5.74, 6) is 1.14. The van der Waals surface area contributed by atoms with E-state index in [1.165, 1.54) is 26.4 Å². The van der Waals surface area contributed by atoms with E-state index in [1.54, 1.807) is 24.3 Å². The predicted octanol–water partition coefficient (Wildman–Crippen LogP) is 2.83. The molecular weight excluding hydrogens is 336 g/mol. The molecule has 0 radical (unpaired) electrons. The first-order chi connectivity index (χ1) is 12.6. The molecule has 0 spiro atoms. The van der Waals surface area contributed by atoms with E-state index in [-0.39, 0.29) is 18.3 Å². The number of fused-ring (bicyclic) bond motifs is 1. The fourth-order valence-corrected chi connectivity index (χ4v) is 3.18. The van der Waals surface area contributed by atoms with Crippen LogP contribution in [0.25, 0.3) is 6.08 Å². The highest BCUT2D eigenvalue weighted by atomic mass is 16.5. The van der Waals surface area contributed by atoms with E-state index in [0.717, 1.165) is 16.7 Å². The van der Waals surface area contributed by atoms with Crippen LogP contribution in [0.1, 0.15) is 28.7 Å². The molecule has 0 unspecified atom stereocenters. The lowest BCUT2D eigenvalue weighted by Crippen LogP contribution is -2.13. The zero-order chi connectivity index (χ0) is 18.7. The Morgan fingerprint density at radius 3 is 2.58 bits per heavy atom. The molecule has 1 aliphatic rings. The minimum atomic E-state index is -0.455. The maximum absolute atomic E-state index is 10.6. The highest BCUT2D eigenvalue weighted by Gasteiger charge is 2.37. The van der Waals surface area contributed by atoms with E-state index in [0.29, 0.717) is 23.5 Å². The molecule has 2 N–H and O–H groups in total. The Labute approximate surface area is 151 Å². The maximum atomic E-state index is 10.6. The average Bonchev–Trinajstić information content (AvgIpc) is 3.04. The third-order valence-electron chi connectivity index (χ3n) is 4.43. The van der Waals surface area contributed by atoms with Crippen LogP contribution in [0.3, 0.4) is 0 Å². The number of aromatic hydroxyl groups is 1. The van der Waals surface area contributed by atoms with Gasteiger partial charge < -0.3 is 24.4 Å². The van der Waals surface area contributed by atoms with Gasteiger partial charge in [0.05, 0.1) is 26.7 Å². The molecule has 0 amide bonds. The smallest absolute Gasteiger partial charge is 0.165 e. The van der Waals surface area contributed by atoms with Crippen LogP contribution in [0.2, 0.25) is 0 Å². The Bertz CT molecular complexity index is 842. The second kappa shape index (κ2) is 7.49. The Morgan fingerprint density at radius 1 is 1.15 bits per heavy atom. The second-order valence-corrected chi connectivity index (χ2v) is 5.90. The van der Waals surface area contributed by atoms with Crippen molar-refractivity contribution < 1.29 is 29.2 Å². The summed E-state index contributed by atoms with van der Waals surface area (Å²) in [5.41, 5.74) is 2.34. The van der Waals surface area contributed by atoms with Crippen molar-refractivity contribution >= 4 is 12.4 Å². The molecular formula is C20H20O6. The van der Waals surface area contributed by atoms with Crippen LogP contribution >= 0.6 is 0 Å². The van der Waals surface area contributed by atoms with E-state index < -0.39 is 6.10 Å². The number of carbonyl (C=O) groups excluding carboxylic acids is 1. The normalized spacial score (nSPS) is 18.4. The van der Waals surface area contributed by atoms with Crippen molar-refractivity contribution in [3.05, 3.63) is 53.1 Å². The quantitative estimate of drug-likeness (QED) is 0.612. The lowest BCUT2D eigenvalue weighted by molar-refractivity contribution is -0.104. The van der Waals surface area contributed by atoms with Gasteiger partial charge in [-0.1, -0.05) is 12.1 Å². The van der Waals surface area contributed by atoms with Gasteiger partial charge in [0, 0.05) is 5.56 Å². The number of ether oxygens (including phenoxy) is 3. The number of aliphatic hydroxyl groups is 1. The first kappa shape index (κ1) is 17.8. The van der Waals surface area contributed by atoms with Crippen LogP contribution in [0.15, 0.2) is 36.4 Å². The molecule has 0 aromatic heterocycles. The minimum absolute atomic E-state index is 0.0335. The monoisotopic (exact) mass is 356 g/mol. The van der Waals surface area contributed by atoms with Crippen molar-refractivity contribution in [2.45, 2.75) is 12.0 Å². The van der Waals surface area contributed by atoms with Crippen molar-refractivity contribution in [1.29, 1.82) is 0 Å². The fourth-order valence-electron chi connectivity index (χ4n) is 3.18. The summed E-state index contributed by atoms with van der Waals surface area (Å²) in [6.45, 7) is -0.134. The summed E-state index contributed by atoms with van der Waals surface area (Å²) in [5, 5.41) is 19.8. The summed E-state index contributed by atoms with van der Waals surface area (Å²) >= 11 is 0. The number of allylic oxidation sites excluding steroid dienone is 1. The number of aliphatic hydroxyl groups excluding tert-OH is 1. The molecule has 2 atom stereocenters. The molecule has 2 aromatic rings. The number of aldehydes is 1. The van der Waals surface area contributed by atoms with E-state index in [4.69, 9.17) is 14.2 Å². The third kappa shape index (κ3) is 3.11. The summed E-state index contributed by atoms with van der Waals surface area (Å²) < 4.78 is 16.7. The highest BCUT2D eigenvalue weighted by molar-refractivity contribution is 5.75. The van der Waals surface area contributed by atoms with Gasteiger partial charge in [-0.15, -0.1) is 0 Å². The molecule has 1 heterocycles. The average molecular weight is 356 g/mol. The van der Waals surface area contributed by atoms with Gasteiger partial charge in [0.15, 0.2) is 23.0 Å². The van der Waals surface area contributed by atoms with E-state index in [9.17, 15) is 15.0 Å². The summed E-state index contributed by atoms with van der Waals surface area (Å²) in [7, 11) is 3.01. The number of phenolic OH excluding ortho intramolecular Hbond substituents is 1. The molecule has 0 bridgehead atoms. The second-order valence-electron chi connectivity index (χ2n) is 5.90. The Balaban J connectivity index is 2.06. The topological polar surface area (TPSA) is 85.2 Å². The molecule has 136 valence electrons. The molecule has 6 nitrogen and oxygen atoms in total. The number of rotatable bonds is 6. The third-order valence-corrected chi connectivity index (χ3v) is 4.43. The van der Waals surface area contributed by atoms with Gasteiger partial charge in [0.1, 0.15) is 12.4 Å². The zero-order valence-electron chi connectivity index (χ0n) is 14.5. The van der Waals surface area contributed by atoms with Crippen LogP contribution in [0.5, 0.6) is 23.0 Å². The van der Waals surface area contributed by atoms with Crippen LogP contribution in [0, 0.1) is 0 Å². The summed E-state index contributed by atoms with van der Waals surface area (Å²) in [6, 6.07) is 8.60. The molecule has 0 saturated heterocycles. The first-order valence-corrected chi connectivity index (χ1v) is 8.11. The highest BCUT2D eigenvalue weighted by Crippen LogP contribution is 2.51. The van der Waals surface area contributed by atoms with Gasteiger partial charge in [-0.25, -0.2) is 0 Å². The van der Waals surface area contributed by atoms with E-state index in [2.05, 4.69) is 0 Å². The number of hydrogen-bond donors (Lipinski definition) is 2. The van der Waals surface area contributed by atoms with Crippen LogP contribution in [-0.2, 0) is 4.79 Å². The predicted molar refractivity (Wildman–Crippen MR) is 95.9 cm³/mol. The zero-order valence-corrected chi connectivity index (χ0v) is 14.5. The summed E-state index contributed by atoms with van der Waals surface area (Å²) in [4.78, 5) is 10.6. The van der Waals surface area contributed by atoms with Crippen LogP contribution < -0.4 is 14.2 Å². The standard InChI is InChI=1S/C20H20O6/c1-24-17-10-13(5-6-16(17)23)19-15(11-22)14-8-12(4-3-7-21)9-18(25-2)20(14)26-19/h3-10,15,19,22-23H,11H2,1-2H3/t15-,19+/m0/s1. The van der Waals surface area contributed by atoms with Gasteiger partial charge in [0.25, 0.3) is 0 Å². The molecule has 3 rings (SSSR count). The van der Waals surface area contributed by atoms with Crippen molar-refractivity contribution in [2.75, 3.05) is 20.8 Å². The van der Waals surface area contributed by atoms with Gasteiger partial charge in [-0.3, -0.25) is 4.79 Å². The van der Waals surface area contributed by atoms with Gasteiger partial charge in [-0.05, 0) is 41.5 Å². The molecule has 26 heavy (non-hydrogen) atoms. The number of hydrogen-bond acceptors (Lipinski definition) is 6. The minimum Gasteiger partial charge on any atom is -0.504 e. The molecule has 0 fully saturated rings. The van der Waals surface area contributed by atoms with Gasteiger partial charge in [-0.2, -0.15) is 0 Å². The molecule has 2 aromatic carbocycles. The Morgan fingerprint density at radius 2 is 1.92 bits per heavy atom. The lowest BCUT2D eigenvalue weighted by Gasteiger charge is -2.18.